The van der Waals surface area contributed by atoms with Crippen molar-refractivity contribution in [3.63, 3.8) is 0 Å². The van der Waals surface area contributed by atoms with Gasteiger partial charge in [-0.2, -0.15) is 0 Å². The van der Waals surface area contributed by atoms with E-state index in [1.807, 2.05) is 37.3 Å². The van der Waals surface area contributed by atoms with Crippen LogP contribution in [0.15, 0.2) is 85.1 Å². The third kappa shape index (κ3) is 21.4. The SMILES string of the molecule is C[C@H]1C[C@H](O)[C@@H](C)/C=C/C=C/C=C/C=C/C=C/C=C/C=C/C(O[C@@H]2OC[C@@H](O)[C@H](N)[C@@H]2O)C[C@@H]2OC(O)(CC(O)C[C@@H](O)[C@H](O)CCC(O)CC(O)CC(=O)O1)C[C@H](O)C2C(=O)NCCCN. The standard InChI is InChI=1S/C48H77N3O16/c1-30-16-13-11-9-7-5-3-4-6-8-10-12-14-17-35(66-47-45(61)44(50)40(59)29-64-47)26-41-43(46(62)51-21-15-20-49)39(58)28-48(63,67-41)27-34(54)24-38(57)36(55)19-18-32(52)23-33(53)25-42(60)65-31(2)22-37(30)56/h3-14,16-17,30-41,43-45,47,52-59,61,63H,15,18-29,49-50H2,1-2H3,(H,51,62)/b4-3+,7-5+,8-6+,11-9+,12-10+,16-13+,17-14+/t30-,31-,32?,33?,34?,35?,36+,37-,38+,39-,40+,41-,43?,44-,45-,47-,48?/m0/s1. The molecule has 19 nitrogen and oxygen atoms in total. The van der Waals surface area contributed by atoms with Gasteiger partial charge in [0, 0.05) is 44.6 Å². The Morgan fingerprint density at radius 2 is 1.34 bits per heavy atom. The van der Waals surface area contributed by atoms with Crippen LogP contribution in [-0.4, -0.2) is 174 Å². The molecule has 3 aliphatic rings. The van der Waals surface area contributed by atoms with Crippen molar-refractivity contribution >= 4 is 11.9 Å². The summed E-state index contributed by atoms with van der Waals surface area (Å²) in [6, 6.07) is -1.11. The van der Waals surface area contributed by atoms with Crippen LogP contribution in [0.3, 0.4) is 0 Å². The molecule has 3 heterocycles. The van der Waals surface area contributed by atoms with Gasteiger partial charge in [-0.05, 0) is 39.2 Å². The molecule has 2 saturated heterocycles. The summed E-state index contributed by atoms with van der Waals surface area (Å²) < 4.78 is 23.2. The number of aliphatic hydroxyl groups is 10. The maximum absolute atomic E-state index is 13.6. The number of carbonyl (C=O) groups is 2. The molecule has 15 N–H and O–H groups in total. The molecule has 0 aromatic rings. The van der Waals surface area contributed by atoms with Crippen LogP contribution >= 0.6 is 0 Å². The van der Waals surface area contributed by atoms with Crippen molar-refractivity contribution in [2.24, 2.45) is 23.3 Å². The minimum Gasteiger partial charge on any atom is -0.462 e. The number of nitrogens with two attached hydrogens (primary N) is 2. The number of rotatable bonds is 6. The van der Waals surface area contributed by atoms with E-state index in [-0.39, 0.29) is 57.7 Å². The molecule has 380 valence electrons. The molecule has 2 fully saturated rings. The van der Waals surface area contributed by atoms with Crippen LogP contribution in [0.5, 0.6) is 0 Å². The van der Waals surface area contributed by atoms with Gasteiger partial charge in [-0.25, -0.2) is 0 Å². The fourth-order valence-electron chi connectivity index (χ4n) is 7.94. The number of fused-ring (bicyclic) bond motifs is 2. The zero-order chi connectivity index (χ0) is 49.5. The largest absolute Gasteiger partial charge is 0.462 e. The van der Waals surface area contributed by atoms with Gasteiger partial charge in [-0.15, -0.1) is 0 Å². The first kappa shape index (κ1) is 57.8. The van der Waals surface area contributed by atoms with Crippen molar-refractivity contribution in [2.75, 3.05) is 19.7 Å². The monoisotopic (exact) mass is 952 g/mol. The van der Waals surface area contributed by atoms with Crippen molar-refractivity contribution in [3.05, 3.63) is 85.1 Å². The van der Waals surface area contributed by atoms with Crippen LogP contribution in [0, 0.1) is 11.8 Å². The summed E-state index contributed by atoms with van der Waals surface area (Å²) in [4.78, 5) is 26.1. The van der Waals surface area contributed by atoms with Gasteiger partial charge in [0.25, 0.3) is 0 Å². The summed E-state index contributed by atoms with van der Waals surface area (Å²) in [6.45, 7) is 3.68. The number of esters is 1. The number of nitrogens with one attached hydrogen (secondary N) is 1. The molecular weight excluding hydrogens is 875 g/mol. The van der Waals surface area contributed by atoms with Crippen molar-refractivity contribution in [1.29, 1.82) is 0 Å². The highest BCUT2D eigenvalue weighted by Crippen LogP contribution is 2.38. The predicted octanol–water partition coefficient (Wildman–Crippen LogP) is -0.542. The van der Waals surface area contributed by atoms with E-state index in [1.165, 1.54) is 0 Å². The highest BCUT2D eigenvalue weighted by Gasteiger charge is 2.50. The third-order valence-electron chi connectivity index (χ3n) is 11.7. The normalized spacial score (nSPS) is 42.2. The number of amides is 1. The Balaban J connectivity index is 1.89. The van der Waals surface area contributed by atoms with E-state index in [0.29, 0.717) is 6.42 Å². The second kappa shape index (κ2) is 30.2. The summed E-state index contributed by atoms with van der Waals surface area (Å²) in [5.41, 5.74) is 11.6. The number of carbonyl (C=O) groups excluding carboxylic acids is 2. The van der Waals surface area contributed by atoms with Crippen molar-refractivity contribution in [3.8, 4) is 0 Å². The maximum atomic E-state index is 13.6. The first-order valence-corrected chi connectivity index (χ1v) is 23.2. The van der Waals surface area contributed by atoms with Gasteiger partial charge in [0.05, 0.1) is 86.0 Å². The molecule has 0 aliphatic carbocycles. The molecule has 67 heavy (non-hydrogen) atoms. The molecule has 0 radical (unpaired) electrons. The lowest BCUT2D eigenvalue weighted by Gasteiger charge is -2.45. The van der Waals surface area contributed by atoms with Crippen molar-refractivity contribution in [2.45, 2.75) is 169 Å². The highest BCUT2D eigenvalue weighted by atomic mass is 16.7. The molecule has 17 atom stereocenters. The predicted molar refractivity (Wildman–Crippen MR) is 247 cm³/mol. The van der Waals surface area contributed by atoms with Gasteiger partial charge in [0.15, 0.2) is 12.1 Å². The van der Waals surface area contributed by atoms with E-state index in [4.69, 9.17) is 30.4 Å². The van der Waals surface area contributed by atoms with Crippen LogP contribution < -0.4 is 16.8 Å². The zero-order valence-electron chi connectivity index (χ0n) is 38.6. The second-order valence-corrected chi connectivity index (χ2v) is 17.8. The van der Waals surface area contributed by atoms with E-state index in [1.54, 1.807) is 61.6 Å². The second-order valence-electron chi connectivity index (χ2n) is 17.8. The minimum atomic E-state index is -2.26. The quantitative estimate of drug-likeness (QED) is 0.117. The van der Waals surface area contributed by atoms with Gasteiger partial charge >= 0.3 is 5.97 Å². The van der Waals surface area contributed by atoms with E-state index < -0.39 is 135 Å². The topological polar surface area (TPSA) is 337 Å². The molecule has 0 aromatic carbocycles. The van der Waals surface area contributed by atoms with Crippen LogP contribution in [0.25, 0.3) is 0 Å². The van der Waals surface area contributed by atoms with E-state index in [2.05, 4.69) is 5.32 Å². The number of aliphatic hydroxyl groups excluding tert-OH is 9. The summed E-state index contributed by atoms with van der Waals surface area (Å²) >= 11 is 0. The molecule has 0 spiro atoms. The van der Waals surface area contributed by atoms with Gasteiger partial charge in [-0.1, -0.05) is 92.0 Å². The lowest BCUT2D eigenvalue weighted by molar-refractivity contribution is -0.304. The molecule has 6 unspecified atom stereocenters. The molecule has 3 rings (SSSR count). The molecule has 0 saturated carbocycles. The van der Waals surface area contributed by atoms with Crippen LogP contribution in [0.2, 0.25) is 0 Å². The van der Waals surface area contributed by atoms with Gasteiger partial charge in [-0.3, -0.25) is 9.59 Å². The fourth-order valence-corrected chi connectivity index (χ4v) is 7.94. The molecule has 1 amide bonds. The van der Waals surface area contributed by atoms with Gasteiger partial charge in [0.1, 0.15) is 12.2 Å². The number of cyclic esters (lactones) is 1. The fraction of sp³-hybridized carbons (Fsp3) is 0.667. The number of ether oxygens (including phenoxy) is 4. The van der Waals surface area contributed by atoms with E-state index >= 15 is 0 Å². The molecule has 19 heteroatoms. The lowest BCUT2D eigenvalue weighted by atomic mass is 9.82. The first-order chi connectivity index (χ1) is 31.8. The first-order valence-electron chi connectivity index (χ1n) is 23.2. The maximum Gasteiger partial charge on any atom is 0.308 e. The lowest BCUT2D eigenvalue weighted by Crippen LogP contribution is -2.59. The highest BCUT2D eigenvalue weighted by molar-refractivity contribution is 5.80. The van der Waals surface area contributed by atoms with Crippen LogP contribution in [-0.2, 0) is 28.5 Å². The zero-order valence-corrected chi connectivity index (χ0v) is 38.6. The summed E-state index contributed by atoms with van der Waals surface area (Å²) in [5.74, 6) is -5.11. The number of hydrogen-bond acceptors (Lipinski definition) is 18. The van der Waals surface area contributed by atoms with E-state index in [9.17, 15) is 60.7 Å². The Morgan fingerprint density at radius 1 is 0.731 bits per heavy atom. The van der Waals surface area contributed by atoms with Gasteiger partial charge < -0.3 is 86.8 Å². The Morgan fingerprint density at radius 3 is 1.97 bits per heavy atom. The molecular formula is C48H77N3O16. The minimum absolute atomic E-state index is 0.0910. The average Bonchev–Trinajstić information content (AvgIpc) is 3.24. The Hall–Kier alpha value is -3.48. The molecule has 3 aliphatic heterocycles. The van der Waals surface area contributed by atoms with Crippen molar-refractivity contribution in [1.82, 2.24) is 5.32 Å². The smallest absolute Gasteiger partial charge is 0.308 e. The summed E-state index contributed by atoms with van der Waals surface area (Å²) in [5, 5.41) is 111. The van der Waals surface area contributed by atoms with Crippen LogP contribution in [0.1, 0.15) is 78.1 Å². The third-order valence-corrected chi connectivity index (χ3v) is 11.7. The summed E-state index contributed by atoms with van der Waals surface area (Å²) in [7, 11) is 0. The molecule has 2 bridgehead atoms. The van der Waals surface area contributed by atoms with Crippen LogP contribution in [0.4, 0.5) is 0 Å². The molecule has 0 aromatic heterocycles. The Bertz CT molecular complexity index is 1670. The summed E-state index contributed by atoms with van der Waals surface area (Å²) in [6.07, 6.45) is 6.32. The number of hydrogen-bond donors (Lipinski definition) is 13. The van der Waals surface area contributed by atoms with Gasteiger partial charge in [0.2, 0.25) is 5.91 Å². The van der Waals surface area contributed by atoms with Crippen molar-refractivity contribution < 1.29 is 79.6 Å². The average molecular weight is 952 g/mol. The number of allylic oxidation sites excluding steroid dienone is 12. The Kier molecular flexibility index (Phi) is 26.1. The Labute approximate surface area is 393 Å². The van der Waals surface area contributed by atoms with E-state index in [0.717, 1.165) is 0 Å².